The molecule has 1 aromatic rings. The lowest BCUT2D eigenvalue weighted by Gasteiger charge is -2.31. The molecule has 1 fully saturated rings. The van der Waals surface area contributed by atoms with E-state index in [9.17, 15) is 13.2 Å². The van der Waals surface area contributed by atoms with Crippen molar-refractivity contribution < 1.29 is 22.7 Å². The third kappa shape index (κ3) is 4.60. The smallest absolute Gasteiger partial charge is 0.260 e. The summed E-state index contributed by atoms with van der Waals surface area (Å²) in [7, 11) is -1.45. The van der Waals surface area contributed by atoms with Gasteiger partial charge in [0.25, 0.3) is 5.91 Å². The summed E-state index contributed by atoms with van der Waals surface area (Å²) in [6.07, 6.45) is 1.00. The standard InChI is InChI=1S/C16H23NO5S/c1-3-23(19,20)15-7-9-17(10-8-15)16(18)12-22-14-6-4-5-13(11-14)21-2/h4-6,11,15H,3,7-10,12H2,1-2H3. The molecule has 1 saturated heterocycles. The number of hydrogen-bond donors (Lipinski definition) is 0. The molecule has 0 saturated carbocycles. The van der Waals surface area contributed by atoms with Crippen LogP contribution in [0.4, 0.5) is 0 Å². The highest BCUT2D eigenvalue weighted by Crippen LogP contribution is 2.20. The number of ether oxygens (including phenoxy) is 2. The maximum absolute atomic E-state index is 12.2. The van der Waals surface area contributed by atoms with Crippen LogP contribution in [-0.4, -0.2) is 57.0 Å². The summed E-state index contributed by atoms with van der Waals surface area (Å²) in [6.45, 7) is 2.53. The lowest BCUT2D eigenvalue weighted by Crippen LogP contribution is -2.44. The first-order valence-electron chi connectivity index (χ1n) is 7.72. The van der Waals surface area contributed by atoms with Crippen LogP contribution in [0.3, 0.4) is 0 Å². The second kappa shape index (κ2) is 7.68. The number of carbonyl (C=O) groups is 1. The van der Waals surface area contributed by atoms with Gasteiger partial charge in [0.1, 0.15) is 11.5 Å². The van der Waals surface area contributed by atoms with Crippen LogP contribution in [0.2, 0.25) is 0 Å². The van der Waals surface area contributed by atoms with Gasteiger partial charge >= 0.3 is 0 Å². The number of sulfone groups is 1. The van der Waals surface area contributed by atoms with Crippen molar-refractivity contribution in [2.45, 2.75) is 25.0 Å². The zero-order chi connectivity index (χ0) is 16.9. The molecule has 0 aliphatic carbocycles. The van der Waals surface area contributed by atoms with E-state index in [1.165, 1.54) is 0 Å². The first-order chi connectivity index (χ1) is 11.0. The Bertz CT molecular complexity index is 636. The van der Waals surface area contributed by atoms with Crippen molar-refractivity contribution >= 4 is 15.7 Å². The average molecular weight is 341 g/mol. The fourth-order valence-corrected chi connectivity index (χ4v) is 4.03. The first kappa shape index (κ1) is 17.6. The van der Waals surface area contributed by atoms with Crippen LogP contribution in [0.1, 0.15) is 19.8 Å². The summed E-state index contributed by atoms with van der Waals surface area (Å²) in [4.78, 5) is 13.8. The lowest BCUT2D eigenvalue weighted by atomic mass is 10.1. The van der Waals surface area contributed by atoms with E-state index in [4.69, 9.17) is 9.47 Å². The van der Waals surface area contributed by atoms with E-state index in [0.717, 1.165) is 0 Å². The van der Waals surface area contributed by atoms with E-state index in [-0.39, 0.29) is 23.5 Å². The number of carbonyl (C=O) groups excluding carboxylic acids is 1. The van der Waals surface area contributed by atoms with E-state index < -0.39 is 9.84 Å². The Morgan fingerprint density at radius 1 is 1.26 bits per heavy atom. The van der Waals surface area contributed by atoms with Gasteiger partial charge in [0.2, 0.25) is 0 Å². The summed E-state index contributed by atoms with van der Waals surface area (Å²) >= 11 is 0. The van der Waals surface area contributed by atoms with Crippen molar-refractivity contribution in [3.63, 3.8) is 0 Å². The fourth-order valence-electron chi connectivity index (χ4n) is 2.63. The van der Waals surface area contributed by atoms with Crippen molar-refractivity contribution in [2.75, 3.05) is 32.6 Å². The van der Waals surface area contributed by atoms with Crippen molar-refractivity contribution in [1.82, 2.24) is 4.90 Å². The van der Waals surface area contributed by atoms with Gasteiger partial charge in [-0.05, 0) is 25.0 Å². The van der Waals surface area contributed by atoms with Crippen molar-refractivity contribution in [3.05, 3.63) is 24.3 Å². The van der Waals surface area contributed by atoms with E-state index in [1.54, 1.807) is 43.2 Å². The maximum Gasteiger partial charge on any atom is 0.260 e. The van der Waals surface area contributed by atoms with Gasteiger partial charge in [0.15, 0.2) is 16.4 Å². The Balaban J connectivity index is 1.83. The number of hydrogen-bond acceptors (Lipinski definition) is 5. The zero-order valence-electron chi connectivity index (χ0n) is 13.5. The number of likely N-dealkylation sites (tertiary alicyclic amines) is 1. The number of rotatable bonds is 6. The molecule has 0 N–H and O–H groups in total. The molecule has 1 aliphatic rings. The Hall–Kier alpha value is -1.76. The van der Waals surface area contributed by atoms with E-state index >= 15 is 0 Å². The normalized spacial score (nSPS) is 16.2. The second-order valence-corrected chi connectivity index (χ2v) is 8.07. The van der Waals surface area contributed by atoms with Crippen molar-refractivity contribution in [2.24, 2.45) is 0 Å². The van der Waals surface area contributed by atoms with Gasteiger partial charge in [-0.3, -0.25) is 4.79 Å². The molecule has 0 spiro atoms. The van der Waals surface area contributed by atoms with Crippen LogP contribution < -0.4 is 9.47 Å². The molecule has 0 bridgehead atoms. The third-order valence-corrected chi connectivity index (χ3v) is 6.40. The van der Waals surface area contributed by atoms with Crippen molar-refractivity contribution in [1.29, 1.82) is 0 Å². The molecule has 0 aromatic heterocycles. The van der Waals surface area contributed by atoms with Crippen LogP contribution in [0.5, 0.6) is 11.5 Å². The Morgan fingerprint density at radius 3 is 2.52 bits per heavy atom. The minimum Gasteiger partial charge on any atom is -0.497 e. The molecular weight excluding hydrogens is 318 g/mol. The molecule has 1 aromatic carbocycles. The summed E-state index contributed by atoms with van der Waals surface area (Å²) in [5, 5.41) is -0.323. The third-order valence-electron chi connectivity index (χ3n) is 4.11. The molecule has 2 rings (SSSR count). The first-order valence-corrected chi connectivity index (χ1v) is 9.44. The Morgan fingerprint density at radius 2 is 1.91 bits per heavy atom. The quantitative estimate of drug-likeness (QED) is 0.784. The van der Waals surface area contributed by atoms with E-state index in [1.807, 2.05) is 0 Å². The highest BCUT2D eigenvalue weighted by molar-refractivity contribution is 7.92. The van der Waals surface area contributed by atoms with Crippen LogP contribution in [0, 0.1) is 0 Å². The SMILES string of the molecule is CCS(=O)(=O)C1CCN(C(=O)COc2cccc(OC)c2)CC1. The largest absolute Gasteiger partial charge is 0.497 e. The Labute approximate surface area is 137 Å². The summed E-state index contributed by atoms with van der Waals surface area (Å²) < 4.78 is 34.3. The summed E-state index contributed by atoms with van der Waals surface area (Å²) in [5.41, 5.74) is 0. The molecule has 6 nitrogen and oxygen atoms in total. The average Bonchev–Trinajstić information content (AvgIpc) is 2.60. The summed E-state index contributed by atoms with van der Waals surface area (Å²) in [5.74, 6) is 1.27. The van der Waals surface area contributed by atoms with Gasteiger partial charge in [-0.2, -0.15) is 0 Å². The van der Waals surface area contributed by atoms with Gasteiger partial charge in [0, 0.05) is 24.9 Å². The van der Waals surface area contributed by atoms with Gasteiger partial charge in [0.05, 0.1) is 12.4 Å². The molecule has 1 amide bonds. The van der Waals surface area contributed by atoms with Crippen LogP contribution >= 0.6 is 0 Å². The van der Waals surface area contributed by atoms with Crippen LogP contribution in [-0.2, 0) is 14.6 Å². The number of methoxy groups -OCH3 is 1. The Kier molecular flexibility index (Phi) is 5.87. The summed E-state index contributed by atoms with van der Waals surface area (Å²) in [6, 6.07) is 7.07. The van der Waals surface area contributed by atoms with E-state index in [2.05, 4.69) is 0 Å². The molecular formula is C16H23NO5S. The molecule has 23 heavy (non-hydrogen) atoms. The second-order valence-electron chi connectivity index (χ2n) is 5.50. The van der Waals surface area contributed by atoms with Crippen molar-refractivity contribution in [3.8, 4) is 11.5 Å². The number of piperidine rings is 1. The predicted octanol–water partition coefficient (Wildman–Crippen LogP) is 1.50. The number of nitrogens with zero attached hydrogens (tertiary/aromatic N) is 1. The van der Waals surface area contributed by atoms with Gasteiger partial charge in [-0.1, -0.05) is 13.0 Å². The highest BCUT2D eigenvalue weighted by atomic mass is 32.2. The predicted molar refractivity (Wildman–Crippen MR) is 87.6 cm³/mol. The maximum atomic E-state index is 12.2. The number of benzene rings is 1. The molecule has 0 unspecified atom stereocenters. The molecule has 1 aliphatic heterocycles. The minimum absolute atomic E-state index is 0.0572. The lowest BCUT2D eigenvalue weighted by molar-refractivity contribution is -0.134. The molecule has 0 atom stereocenters. The minimum atomic E-state index is -3.02. The van der Waals surface area contributed by atoms with E-state index in [0.29, 0.717) is 37.4 Å². The van der Waals surface area contributed by atoms with Gasteiger partial charge in [-0.15, -0.1) is 0 Å². The van der Waals surface area contributed by atoms with Crippen LogP contribution in [0.15, 0.2) is 24.3 Å². The molecule has 0 radical (unpaired) electrons. The number of amides is 1. The fraction of sp³-hybridized carbons (Fsp3) is 0.562. The molecule has 128 valence electrons. The van der Waals surface area contributed by atoms with Crippen LogP contribution in [0.25, 0.3) is 0 Å². The topological polar surface area (TPSA) is 72.9 Å². The van der Waals surface area contributed by atoms with Gasteiger partial charge < -0.3 is 14.4 Å². The molecule has 1 heterocycles. The zero-order valence-corrected chi connectivity index (χ0v) is 14.3. The monoisotopic (exact) mass is 341 g/mol. The van der Waals surface area contributed by atoms with Gasteiger partial charge in [-0.25, -0.2) is 8.42 Å². The highest BCUT2D eigenvalue weighted by Gasteiger charge is 2.30. The molecule has 7 heteroatoms.